The summed E-state index contributed by atoms with van der Waals surface area (Å²) in [6.45, 7) is 4.32. The number of hydrogen-bond donors (Lipinski definition) is 1. The largest absolute Gasteiger partial charge is 0.392 e. The van der Waals surface area contributed by atoms with Crippen molar-refractivity contribution in [3.63, 3.8) is 0 Å². The third kappa shape index (κ3) is 3.81. The van der Waals surface area contributed by atoms with Crippen LogP contribution < -0.4 is 0 Å². The van der Waals surface area contributed by atoms with E-state index >= 15 is 0 Å². The lowest BCUT2D eigenvalue weighted by Gasteiger charge is -2.28. The van der Waals surface area contributed by atoms with E-state index in [9.17, 15) is 14.7 Å². The molecular formula is C19H27NO3. The molecule has 2 amide bonds. The fraction of sp³-hybridized carbons (Fsp3) is 0.579. The average molecular weight is 317 g/mol. The Morgan fingerprint density at radius 3 is 2.61 bits per heavy atom. The average Bonchev–Trinajstić information content (AvgIpc) is 2.88. The highest BCUT2D eigenvalue weighted by atomic mass is 16.3. The second-order valence-electron chi connectivity index (χ2n) is 6.66. The monoisotopic (exact) mass is 317 g/mol. The summed E-state index contributed by atoms with van der Waals surface area (Å²) in [6.07, 6.45) is 4.76. The molecule has 0 bridgehead atoms. The molecule has 4 heteroatoms. The maximum atomic E-state index is 12.7. The van der Waals surface area contributed by atoms with Gasteiger partial charge in [-0.05, 0) is 31.9 Å². The lowest BCUT2D eigenvalue weighted by atomic mass is 9.80. The predicted molar refractivity (Wildman–Crippen MR) is 90.0 cm³/mol. The molecule has 0 saturated carbocycles. The van der Waals surface area contributed by atoms with E-state index in [0.29, 0.717) is 24.9 Å². The minimum absolute atomic E-state index is 0.241. The van der Waals surface area contributed by atoms with Crippen molar-refractivity contribution in [2.45, 2.75) is 58.5 Å². The summed E-state index contributed by atoms with van der Waals surface area (Å²) < 4.78 is 0. The Balaban J connectivity index is 2.01. The second kappa shape index (κ2) is 7.73. The van der Waals surface area contributed by atoms with E-state index in [1.165, 1.54) is 4.90 Å². The molecule has 2 atom stereocenters. The van der Waals surface area contributed by atoms with Crippen LogP contribution in [0, 0.1) is 5.41 Å². The van der Waals surface area contributed by atoms with Crippen molar-refractivity contribution in [2.24, 2.45) is 5.41 Å². The molecule has 23 heavy (non-hydrogen) atoms. The molecule has 2 rings (SSSR count). The van der Waals surface area contributed by atoms with Crippen LogP contribution in [-0.2, 0) is 4.79 Å². The van der Waals surface area contributed by atoms with Crippen LogP contribution in [0.3, 0.4) is 0 Å². The maximum absolute atomic E-state index is 12.7. The number of likely N-dealkylation sites (tertiary alicyclic amines) is 1. The number of nitrogens with zero attached hydrogens (tertiary/aromatic N) is 1. The molecule has 0 unspecified atom stereocenters. The fourth-order valence-corrected chi connectivity index (χ4v) is 3.18. The molecule has 1 saturated heterocycles. The first kappa shape index (κ1) is 17.7. The van der Waals surface area contributed by atoms with Gasteiger partial charge in [-0.1, -0.05) is 50.8 Å². The lowest BCUT2D eigenvalue weighted by molar-refractivity contribution is -0.138. The Hall–Kier alpha value is -1.68. The SMILES string of the molecule is CCCCCC[C@H](O)[C@@]1(C)CCN(C(=O)c2ccccc2)C1=O. The van der Waals surface area contributed by atoms with Gasteiger partial charge in [0.1, 0.15) is 0 Å². The summed E-state index contributed by atoms with van der Waals surface area (Å²) in [4.78, 5) is 26.5. The first-order chi connectivity index (χ1) is 11.0. The number of hydrogen-bond acceptors (Lipinski definition) is 3. The highest BCUT2D eigenvalue weighted by molar-refractivity contribution is 6.07. The molecule has 0 aromatic heterocycles. The number of unbranched alkanes of at least 4 members (excludes halogenated alkanes) is 3. The lowest BCUT2D eigenvalue weighted by Crippen LogP contribution is -2.43. The van der Waals surface area contributed by atoms with Crippen LogP contribution >= 0.6 is 0 Å². The van der Waals surface area contributed by atoms with E-state index in [-0.39, 0.29) is 11.8 Å². The quantitative estimate of drug-likeness (QED) is 0.619. The number of aliphatic hydroxyl groups is 1. The zero-order valence-electron chi connectivity index (χ0n) is 14.1. The molecule has 0 aliphatic carbocycles. The molecule has 1 fully saturated rings. The predicted octanol–water partition coefficient (Wildman–Crippen LogP) is 3.40. The summed E-state index contributed by atoms with van der Waals surface area (Å²) in [5, 5.41) is 10.5. The summed E-state index contributed by atoms with van der Waals surface area (Å²) >= 11 is 0. The van der Waals surface area contributed by atoms with Crippen LogP contribution in [0.4, 0.5) is 0 Å². The van der Waals surface area contributed by atoms with Crippen molar-refractivity contribution in [1.29, 1.82) is 0 Å². The van der Waals surface area contributed by atoms with Gasteiger partial charge in [-0.15, -0.1) is 0 Å². The number of benzene rings is 1. The van der Waals surface area contributed by atoms with Crippen molar-refractivity contribution in [3.05, 3.63) is 35.9 Å². The molecule has 1 heterocycles. The molecule has 1 aliphatic rings. The summed E-state index contributed by atoms with van der Waals surface area (Å²) in [7, 11) is 0. The Bertz CT molecular complexity index is 543. The van der Waals surface area contributed by atoms with Gasteiger partial charge in [0.25, 0.3) is 5.91 Å². The Labute approximate surface area is 138 Å². The van der Waals surface area contributed by atoms with E-state index < -0.39 is 11.5 Å². The van der Waals surface area contributed by atoms with Gasteiger partial charge in [-0.25, -0.2) is 0 Å². The van der Waals surface area contributed by atoms with Gasteiger partial charge in [0.2, 0.25) is 5.91 Å². The van der Waals surface area contributed by atoms with Crippen molar-refractivity contribution in [3.8, 4) is 0 Å². The first-order valence-electron chi connectivity index (χ1n) is 8.60. The molecule has 1 N–H and O–H groups in total. The standard InChI is InChI=1S/C19H27NO3/c1-3-4-5-9-12-16(21)19(2)13-14-20(18(19)23)17(22)15-10-7-6-8-11-15/h6-8,10-11,16,21H,3-5,9,12-14H2,1-2H3/t16-,19+/m0/s1. The van der Waals surface area contributed by atoms with E-state index in [4.69, 9.17) is 0 Å². The number of carbonyl (C=O) groups excluding carboxylic acids is 2. The van der Waals surface area contributed by atoms with Gasteiger partial charge < -0.3 is 5.11 Å². The van der Waals surface area contributed by atoms with Gasteiger partial charge >= 0.3 is 0 Å². The number of carbonyl (C=O) groups is 2. The third-order valence-electron chi connectivity index (χ3n) is 4.92. The Morgan fingerprint density at radius 2 is 1.96 bits per heavy atom. The van der Waals surface area contributed by atoms with Crippen LogP contribution in [0.15, 0.2) is 30.3 Å². The van der Waals surface area contributed by atoms with Crippen LogP contribution in [-0.4, -0.2) is 34.5 Å². The highest BCUT2D eigenvalue weighted by Gasteiger charge is 2.49. The summed E-state index contributed by atoms with van der Waals surface area (Å²) in [6, 6.07) is 8.84. The molecule has 126 valence electrons. The Kier molecular flexibility index (Phi) is 5.94. The first-order valence-corrected chi connectivity index (χ1v) is 8.60. The van der Waals surface area contributed by atoms with Gasteiger partial charge in [0, 0.05) is 12.1 Å². The molecule has 1 aromatic rings. The Morgan fingerprint density at radius 1 is 1.26 bits per heavy atom. The van der Waals surface area contributed by atoms with Gasteiger partial charge in [-0.2, -0.15) is 0 Å². The molecule has 1 aromatic carbocycles. The molecule has 1 aliphatic heterocycles. The van der Waals surface area contributed by atoms with Gasteiger partial charge in [0.15, 0.2) is 0 Å². The smallest absolute Gasteiger partial charge is 0.260 e. The number of imide groups is 1. The van der Waals surface area contributed by atoms with Crippen LogP contribution in [0.5, 0.6) is 0 Å². The van der Waals surface area contributed by atoms with Crippen LogP contribution in [0.25, 0.3) is 0 Å². The highest BCUT2D eigenvalue weighted by Crippen LogP contribution is 2.37. The second-order valence-corrected chi connectivity index (χ2v) is 6.66. The van der Waals surface area contributed by atoms with Crippen molar-refractivity contribution < 1.29 is 14.7 Å². The van der Waals surface area contributed by atoms with E-state index in [1.807, 2.05) is 6.07 Å². The maximum Gasteiger partial charge on any atom is 0.260 e. The van der Waals surface area contributed by atoms with Gasteiger partial charge in [-0.3, -0.25) is 14.5 Å². The minimum atomic E-state index is -0.837. The van der Waals surface area contributed by atoms with E-state index in [2.05, 4.69) is 6.92 Å². The zero-order valence-corrected chi connectivity index (χ0v) is 14.1. The molecular weight excluding hydrogens is 290 g/mol. The summed E-state index contributed by atoms with van der Waals surface area (Å²) in [5.41, 5.74) is -0.320. The van der Waals surface area contributed by atoms with Crippen LogP contribution in [0.1, 0.15) is 62.7 Å². The topological polar surface area (TPSA) is 57.6 Å². The zero-order chi connectivity index (χ0) is 16.9. The number of aliphatic hydroxyl groups excluding tert-OH is 1. The molecule has 0 radical (unpaired) electrons. The van der Waals surface area contributed by atoms with Crippen molar-refractivity contribution in [2.75, 3.05) is 6.54 Å². The minimum Gasteiger partial charge on any atom is -0.392 e. The third-order valence-corrected chi connectivity index (χ3v) is 4.92. The molecule has 4 nitrogen and oxygen atoms in total. The number of amides is 2. The van der Waals surface area contributed by atoms with Crippen molar-refractivity contribution in [1.82, 2.24) is 4.90 Å². The molecule has 0 spiro atoms. The van der Waals surface area contributed by atoms with E-state index in [0.717, 1.165) is 25.7 Å². The normalized spacial score (nSPS) is 22.4. The van der Waals surface area contributed by atoms with Gasteiger partial charge in [0.05, 0.1) is 11.5 Å². The fourth-order valence-electron chi connectivity index (χ4n) is 3.18. The summed E-state index contributed by atoms with van der Waals surface area (Å²) in [5.74, 6) is -0.508. The van der Waals surface area contributed by atoms with Crippen LogP contribution in [0.2, 0.25) is 0 Å². The van der Waals surface area contributed by atoms with E-state index in [1.54, 1.807) is 31.2 Å². The number of rotatable bonds is 7. The van der Waals surface area contributed by atoms with Crippen molar-refractivity contribution >= 4 is 11.8 Å².